The van der Waals surface area contributed by atoms with Crippen LogP contribution in [0.2, 0.25) is 5.02 Å². The van der Waals surface area contributed by atoms with Crippen LogP contribution in [0.1, 0.15) is 11.1 Å². The second-order valence-corrected chi connectivity index (χ2v) is 11.1. The topological polar surface area (TPSA) is 55.2 Å². The molecule has 37 heavy (non-hydrogen) atoms. The summed E-state index contributed by atoms with van der Waals surface area (Å²) in [5.74, 6) is 1.02. The van der Waals surface area contributed by atoms with Crippen LogP contribution in [0.4, 0.5) is 5.82 Å². The lowest BCUT2D eigenvalue weighted by molar-refractivity contribution is 0.590. The van der Waals surface area contributed by atoms with Gasteiger partial charge >= 0.3 is 0 Å². The maximum atomic E-state index is 14.2. The number of benzene rings is 4. The van der Waals surface area contributed by atoms with E-state index in [1.54, 1.807) is 24.3 Å². The van der Waals surface area contributed by atoms with Crippen molar-refractivity contribution in [2.24, 2.45) is 7.05 Å². The van der Waals surface area contributed by atoms with Crippen LogP contribution in [0.15, 0.2) is 114 Å². The summed E-state index contributed by atoms with van der Waals surface area (Å²) in [6.45, 7) is 2.06. The number of anilines is 1. The van der Waals surface area contributed by atoms with E-state index in [0.29, 0.717) is 22.4 Å². The number of halogens is 1. The Balaban J connectivity index is 1.77. The summed E-state index contributed by atoms with van der Waals surface area (Å²) in [5.41, 5.74) is 4.22. The van der Waals surface area contributed by atoms with Gasteiger partial charge in [-0.1, -0.05) is 102 Å². The molecule has 0 radical (unpaired) electrons. The van der Waals surface area contributed by atoms with E-state index < -0.39 is 10.0 Å². The quantitative estimate of drug-likeness (QED) is 0.226. The molecule has 0 atom stereocenters. The molecular formula is C30H26ClN3O2S. The van der Waals surface area contributed by atoms with Crippen LogP contribution in [-0.2, 0) is 23.6 Å². The third-order valence-corrected chi connectivity index (χ3v) is 8.24. The molecule has 5 aromatic rings. The van der Waals surface area contributed by atoms with Crippen molar-refractivity contribution < 1.29 is 8.42 Å². The first-order valence-corrected chi connectivity index (χ1v) is 13.7. The van der Waals surface area contributed by atoms with E-state index in [1.807, 2.05) is 103 Å². The fourth-order valence-electron chi connectivity index (χ4n) is 4.29. The maximum Gasteiger partial charge on any atom is 0.265 e. The lowest BCUT2D eigenvalue weighted by Gasteiger charge is -2.24. The molecule has 0 spiro atoms. The Labute approximate surface area is 222 Å². The summed E-state index contributed by atoms with van der Waals surface area (Å²) in [6.07, 6.45) is 0. The van der Waals surface area contributed by atoms with Crippen LogP contribution in [0.5, 0.6) is 0 Å². The van der Waals surface area contributed by atoms with Gasteiger partial charge in [0.2, 0.25) is 0 Å². The minimum absolute atomic E-state index is 0.128. The van der Waals surface area contributed by atoms with Gasteiger partial charge in [-0.15, -0.1) is 0 Å². The number of imidazole rings is 1. The summed E-state index contributed by atoms with van der Waals surface area (Å²) in [7, 11) is -2.06. The molecule has 4 aromatic carbocycles. The Morgan fingerprint density at radius 1 is 0.784 bits per heavy atom. The molecule has 186 valence electrons. The Morgan fingerprint density at radius 2 is 1.38 bits per heavy atom. The molecule has 0 N–H and O–H groups in total. The third kappa shape index (κ3) is 5.03. The summed E-state index contributed by atoms with van der Waals surface area (Å²) < 4.78 is 31.7. The number of rotatable bonds is 7. The molecule has 0 bridgehead atoms. The fraction of sp³-hybridized carbons (Fsp3) is 0.100. The molecule has 1 aromatic heterocycles. The van der Waals surface area contributed by atoms with Crippen molar-refractivity contribution in [2.75, 3.05) is 4.31 Å². The van der Waals surface area contributed by atoms with Crippen LogP contribution < -0.4 is 4.31 Å². The molecule has 0 amide bonds. The maximum absolute atomic E-state index is 14.2. The Morgan fingerprint density at radius 3 is 2.00 bits per heavy atom. The average molecular weight is 528 g/mol. The standard InChI is InChI=1S/C30H26ClN3O2S/c1-22-13-19-27(20-14-22)37(35,36)34(21-23-9-5-3-6-10-23)30-28(24-15-17-26(31)18-16-24)33(2)29(32-30)25-11-7-4-8-12-25/h3-20H,21H2,1-2H3. The molecule has 0 saturated carbocycles. The van der Waals surface area contributed by atoms with Crippen LogP contribution in [-0.4, -0.2) is 18.0 Å². The van der Waals surface area contributed by atoms with Crippen molar-refractivity contribution in [3.8, 4) is 22.6 Å². The largest absolute Gasteiger partial charge is 0.325 e. The van der Waals surface area contributed by atoms with Gasteiger partial charge < -0.3 is 4.57 Å². The second kappa shape index (κ2) is 10.2. The number of hydrogen-bond donors (Lipinski definition) is 0. The summed E-state index contributed by atoms with van der Waals surface area (Å²) in [4.78, 5) is 5.17. The molecular weight excluding hydrogens is 502 g/mol. The summed E-state index contributed by atoms with van der Waals surface area (Å²) in [5, 5.41) is 0.601. The van der Waals surface area contributed by atoms with E-state index in [2.05, 4.69) is 0 Å². The van der Waals surface area contributed by atoms with Gasteiger partial charge in [0.05, 0.1) is 17.1 Å². The van der Waals surface area contributed by atoms with E-state index in [0.717, 1.165) is 22.3 Å². The molecule has 0 aliphatic carbocycles. The van der Waals surface area contributed by atoms with Crippen LogP contribution in [0.25, 0.3) is 22.6 Å². The monoisotopic (exact) mass is 527 g/mol. The number of aromatic nitrogens is 2. The number of hydrogen-bond acceptors (Lipinski definition) is 3. The predicted octanol–water partition coefficient (Wildman–Crippen LogP) is 7.11. The van der Waals surface area contributed by atoms with Crippen LogP contribution in [0, 0.1) is 6.92 Å². The van der Waals surface area contributed by atoms with Gasteiger partial charge in [-0.25, -0.2) is 17.7 Å². The molecule has 0 saturated heterocycles. The molecule has 0 aliphatic heterocycles. The second-order valence-electron chi connectivity index (χ2n) is 8.85. The molecule has 5 nitrogen and oxygen atoms in total. The lowest BCUT2D eigenvalue weighted by atomic mass is 10.1. The Bertz CT molecular complexity index is 1610. The summed E-state index contributed by atoms with van der Waals surface area (Å²) >= 11 is 6.19. The molecule has 5 rings (SSSR count). The van der Waals surface area contributed by atoms with Gasteiger partial charge in [0.1, 0.15) is 5.82 Å². The highest BCUT2D eigenvalue weighted by molar-refractivity contribution is 7.92. The fourth-order valence-corrected chi connectivity index (χ4v) is 5.83. The number of nitrogens with zero attached hydrogens (tertiary/aromatic N) is 3. The zero-order chi connectivity index (χ0) is 26.0. The van der Waals surface area contributed by atoms with Gasteiger partial charge in [-0.3, -0.25) is 0 Å². The van der Waals surface area contributed by atoms with Crippen molar-refractivity contribution in [1.29, 1.82) is 0 Å². The van der Waals surface area contributed by atoms with Crippen molar-refractivity contribution in [3.63, 3.8) is 0 Å². The molecule has 0 unspecified atom stereocenters. The predicted molar refractivity (Wildman–Crippen MR) is 150 cm³/mol. The van der Waals surface area contributed by atoms with E-state index in [1.165, 1.54) is 4.31 Å². The zero-order valence-electron chi connectivity index (χ0n) is 20.5. The number of sulfonamides is 1. The normalized spacial score (nSPS) is 11.4. The van der Waals surface area contributed by atoms with Crippen LogP contribution in [0.3, 0.4) is 0 Å². The summed E-state index contributed by atoms with van der Waals surface area (Å²) in [6, 6.07) is 33.6. The van der Waals surface area contributed by atoms with Crippen molar-refractivity contribution in [2.45, 2.75) is 18.4 Å². The molecule has 1 heterocycles. The Kier molecular flexibility index (Phi) is 6.87. The van der Waals surface area contributed by atoms with Crippen LogP contribution >= 0.6 is 11.6 Å². The van der Waals surface area contributed by atoms with Crippen molar-refractivity contribution >= 4 is 27.4 Å². The zero-order valence-corrected chi connectivity index (χ0v) is 22.1. The minimum atomic E-state index is -3.96. The smallest absolute Gasteiger partial charge is 0.265 e. The van der Waals surface area contributed by atoms with Gasteiger partial charge in [-0.2, -0.15) is 0 Å². The van der Waals surface area contributed by atoms with Gasteiger partial charge in [0.15, 0.2) is 5.82 Å². The van der Waals surface area contributed by atoms with E-state index >= 15 is 0 Å². The van der Waals surface area contributed by atoms with E-state index in [4.69, 9.17) is 16.6 Å². The van der Waals surface area contributed by atoms with Crippen molar-refractivity contribution in [3.05, 3.63) is 125 Å². The minimum Gasteiger partial charge on any atom is -0.325 e. The highest BCUT2D eigenvalue weighted by Gasteiger charge is 2.32. The first-order chi connectivity index (χ1) is 17.8. The van der Waals surface area contributed by atoms with Gasteiger partial charge in [-0.05, 0) is 36.8 Å². The number of aryl methyl sites for hydroxylation is 1. The van der Waals surface area contributed by atoms with Gasteiger partial charge in [0.25, 0.3) is 10.0 Å². The first-order valence-electron chi connectivity index (χ1n) is 11.9. The Hall–Kier alpha value is -3.87. The highest BCUT2D eigenvalue weighted by Crippen LogP contribution is 2.38. The SMILES string of the molecule is Cc1ccc(S(=O)(=O)N(Cc2ccccc2)c2nc(-c3ccccc3)n(C)c2-c2ccc(Cl)cc2)cc1. The van der Waals surface area contributed by atoms with E-state index in [9.17, 15) is 8.42 Å². The lowest BCUT2D eigenvalue weighted by Crippen LogP contribution is -2.31. The average Bonchev–Trinajstić information content (AvgIpc) is 3.25. The van der Waals surface area contributed by atoms with Crippen molar-refractivity contribution in [1.82, 2.24) is 9.55 Å². The first kappa shape index (κ1) is 24.8. The third-order valence-electron chi connectivity index (χ3n) is 6.24. The molecule has 0 fully saturated rings. The highest BCUT2D eigenvalue weighted by atomic mass is 35.5. The van der Waals surface area contributed by atoms with Gasteiger partial charge in [0, 0.05) is 23.2 Å². The molecule has 0 aliphatic rings. The molecule has 7 heteroatoms. The van der Waals surface area contributed by atoms with E-state index in [-0.39, 0.29) is 11.4 Å².